The van der Waals surface area contributed by atoms with Crippen molar-refractivity contribution in [2.75, 3.05) is 13.2 Å². The van der Waals surface area contributed by atoms with Crippen molar-refractivity contribution in [3.8, 4) is 5.75 Å². The zero-order chi connectivity index (χ0) is 14.8. The van der Waals surface area contributed by atoms with Gasteiger partial charge in [0.1, 0.15) is 18.5 Å². The molecule has 21 heavy (non-hydrogen) atoms. The van der Waals surface area contributed by atoms with Crippen LogP contribution in [0, 0.1) is 0 Å². The van der Waals surface area contributed by atoms with E-state index in [-0.39, 0.29) is 0 Å². The highest BCUT2D eigenvalue weighted by Gasteiger charge is 2.22. The average Bonchev–Trinajstić information content (AvgIpc) is 3.33. The Balaban J connectivity index is 1.58. The molecule has 2 heteroatoms. The van der Waals surface area contributed by atoms with Gasteiger partial charge in [-0.15, -0.1) is 0 Å². The van der Waals surface area contributed by atoms with Crippen LogP contribution in [0.5, 0.6) is 5.75 Å². The van der Waals surface area contributed by atoms with Crippen LogP contribution >= 0.6 is 0 Å². The number of epoxide rings is 1. The van der Waals surface area contributed by atoms with Gasteiger partial charge in [0.15, 0.2) is 0 Å². The second kappa shape index (κ2) is 9.62. The molecule has 1 saturated heterocycles. The van der Waals surface area contributed by atoms with Crippen LogP contribution in [-0.4, -0.2) is 19.3 Å². The molecule has 2 nitrogen and oxygen atoms in total. The first-order valence-corrected chi connectivity index (χ1v) is 8.37. The van der Waals surface area contributed by atoms with Crippen molar-refractivity contribution in [2.24, 2.45) is 0 Å². The first-order chi connectivity index (χ1) is 10.4. The van der Waals surface area contributed by atoms with E-state index in [2.05, 4.69) is 37.3 Å². The van der Waals surface area contributed by atoms with Crippen molar-refractivity contribution < 1.29 is 9.47 Å². The predicted octanol–water partition coefficient (Wildman–Crippen LogP) is 4.92. The summed E-state index contributed by atoms with van der Waals surface area (Å²) in [5.74, 6) is 0.975. The summed E-state index contributed by atoms with van der Waals surface area (Å²) < 4.78 is 10.9. The van der Waals surface area contributed by atoms with E-state index in [1.807, 2.05) is 6.07 Å². The Labute approximate surface area is 129 Å². The maximum atomic E-state index is 5.72. The molecular formula is C19H28O2. The number of ether oxygens (including phenoxy) is 2. The Morgan fingerprint density at radius 2 is 2.00 bits per heavy atom. The van der Waals surface area contributed by atoms with E-state index in [9.17, 15) is 0 Å². The van der Waals surface area contributed by atoms with E-state index in [4.69, 9.17) is 9.47 Å². The Bertz CT molecular complexity index is 421. The van der Waals surface area contributed by atoms with Crippen LogP contribution in [0.15, 0.2) is 36.4 Å². The molecule has 1 heterocycles. The number of aryl methyl sites for hydroxylation is 1. The Morgan fingerprint density at radius 1 is 1.19 bits per heavy atom. The monoisotopic (exact) mass is 288 g/mol. The summed E-state index contributed by atoms with van der Waals surface area (Å²) in [5, 5.41) is 0. The largest absolute Gasteiger partial charge is 0.491 e. The summed E-state index contributed by atoms with van der Waals surface area (Å²) in [7, 11) is 0. The summed E-state index contributed by atoms with van der Waals surface area (Å²) >= 11 is 0. The summed E-state index contributed by atoms with van der Waals surface area (Å²) in [4.78, 5) is 0. The minimum Gasteiger partial charge on any atom is -0.491 e. The first-order valence-electron chi connectivity index (χ1n) is 8.37. The van der Waals surface area contributed by atoms with E-state index in [1.54, 1.807) is 0 Å². The molecule has 0 aliphatic carbocycles. The topological polar surface area (TPSA) is 21.8 Å². The number of rotatable bonds is 11. The lowest BCUT2D eigenvalue weighted by Crippen LogP contribution is -2.04. The fraction of sp³-hybridized carbons (Fsp3) is 0.579. The smallest absolute Gasteiger partial charge is 0.119 e. The van der Waals surface area contributed by atoms with Gasteiger partial charge in [0, 0.05) is 0 Å². The molecule has 1 aliphatic heterocycles. The highest BCUT2D eigenvalue weighted by Crippen LogP contribution is 2.18. The number of hydrogen-bond acceptors (Lipinski definition) is 2. The van der Waals surface area contributed by atoms with Crippen molar-refractivity contribution >= 4 is 0 Å². The molecule has 2 rings (SSSR count). The molecule has 1 atom stereocenters. The van der Waals surface area contributed by atoms with E-state index >= 15 is 0 Å². The SMILES string of the molecule is CCCC/C=C/CCCCc1cccc(OCC2CO2)c1. The highest BCUT2D eigenvalue weighted by molar-refractivity contribution is 5.28. The van der Waals surface area contributed by atoms with Gasteiger partial charge in [-0.3, -0.25) is 0 Å². The van der Waals surface area contributed by atoms with Crippen LogP contribution in [0.1, 0.15) is 51.0 Å². The van der Waals surface area contributed by atoms with Gasteiger partial charge in [-0.25, -0.2) is 0 Å². The van der Waals surface area contributed by atoms with Gasteiger partial charge in [0.05, 0.1) is 6.61 Å². The molecule has 116 valence electrons. The minimum atomic E-state index is 0.327. The van der Waals surface area contributed by atoms with E-state index in [0.29, 0.717) is 12.7 Å². The van der Waals surface area contributed by atoms with Crippen LogP contribution in [0.3, 0.4) is 0 Å². The van der Waals surface area contributed by atoms with Gasteiger partial charge in [0.25, 0.3) is 0 Å². The first kappa shape index (κ1) is 16.1. The summed E-state index contributed by atoms with van der Waals surface area (Å²) in [6, 6.07) is 8.47. The zero-order valence-corrected chi connectivity index (χ0v) is 13.2. The van der Waals surface area contributed by atoms with Crippen LogP contribution in [0.4, 0.5) is 0 Å². The van der Waals surface area contributed by atoms with E-state index in [1.165, 1.54) is 44.1 Å². The molecule has 0 amide bonds. The molecular weight excluding hydrogens is 260 g/mol. The Morgan fingerprint density at radius 3 is 2.76 bits per heavy atom. The lowest BCUT2D eigenvalue weighted by molar-refractivity contribution is 0.263. The number of unbranched alkanes of at least 4 members (excludes halogenated alkanes) is 4. The lowest BCUT2D eigenvalue weighted by Gasteiger charge is -2.06. The van der Waals surface area contributed by atoms with Crippen LogP contribution < -0.4 is 4.74 Å². The fourth-order valence-corrected chi connectivity index (χ4v) is 2.29. The van der Waals surface area contributed by atoms with Crippen molar-refractivity contribution in [2.45, 2.75) is 58.0 Å². The third kappa shape index (κ3) is 7.33. The van der Waals surface area contributed by atoms with Crippen LogP contribution in [0.2, 0.25) is 0 Å². The van der Waals surface area contributed by atoms with Crippen LogP contribution in [0.25, 0.3) is 0 Å². The maximum absolute atomic E-state index is 5.72. The third-order valence-corrected chi connectivity index (χ3v) is 3.71. The number of benzene rings is 1. The van der Waals surface area contributed by atoms with Crippen molar-refractivity contribution in [3.63, 3.8) is 0 Å². The molecule has 0 bridgehead atoms. The van der Waals surface area contributed by atoms with Crippen molar-refractivity contribution in [3.05, 3.63) is 42.0 Å². The van der Waals surface area contributed by atoms with Crippen LogP contribution in [-0.2, 0) is 11.2 Å². The average molecular weight is 288 g/mol. The minimum absolute atomic E-state index is 0.327. The fourth-order valence-electron chi connectivity index (χ4n) is 2.29. The molecule has 1 aromatic carbocycles. The van der Waals surface area contributed by atoms with Gasteiger partial charge >= 0.3 is 0 Å². The van der Waals surface area contributed by atoms with Gasteiger partial charge < -0.3 is 9.47 Å². The Kier molecular flexibility index (Phi) is 7.37. The van der Waals surface area contributed by atoms with Gasteiger partial charge in [-0.05, 0) is 49.8 Å². The summed E-state index contributed by atoms with van der Waals surface area (Å²) in [6.45, 7) is 3.78. The quantitative estimate of drug-likeness (QED) is 0.327. The van der Waals surface area contributed by atoms with Gasteiger partial charge in [0.2, 0.25) is 0 Å². The molecule has 1 aromatic rings. The molecule has 1 aliphatic rings. The third-order valence-electron chi connectivity index (χ3n) is 3.71. The molecule has 0 aromatic heterocycles. The molecule has 1 unspecified atom stereocenters. The predicted molar refractivity (Wildman–Crippen MR) is 87.9 cm³/mol. The maximum Gasteiger partial charge on any atom is 0.119 e. The summed E-state index contributed by atoms with van der Waals surface area (Å²) in [5.41, 5.74) is 1.37. The van der Waals surface area contributed by atoms with Crippen molar-refractivity contribution in [1.29, 1.82) is 0 Å². The number of hydrogen-bond donors (Lipinski definition) is 0. The van der Waals surface area contributed by atoms with Crippen molar-refractivity contribution in [1.82, 2.24) is 0 Å². The highest BCUT2D eigenvalue weighted by atomic mass is 16.6. The molecule has 1 fully saturated rings. The summed E-state index contributed by atoms with van der Waals surface area (Å²) in [6.07, 6.45) is 13.7. The molecule has 0 saturated carbocycles. The molecule has 0 N–H and O–H groups in total. The van der Waals surface area contributed by atoms with E-state index in [0.717, 1.165) is 18.8 Å². The second-order valence-corrected chi connectivity index (χ2v) is 5.77. The lowest BCUT2D eigenvalue weighted by atomic mass is 10.1. The molecule has 0 radical (unpaired) electrons. The second-order valence-electron chi connectivity index (χ2n) is 5.77. The molecule has 0 spiro atoms. The number of allylic oxidation sites excluding steroid dienone is 2. The standard InChI is InChI=1S/C19H28O2/c1-2-3-4-5-6-7-8-9-11-17-12-10-13-18(14-17)20-15-19-16-21-19/h5-6,10,12-14,19H,2-4,7-9,11,15-16H2,1H3/b6-5+. The normalized spacial score (nSPS) is 17.3. The van der Waals surface area contributed by atoms with Gasteiger partial charge in [-0.2, -0.15) is 0 Å². The Hall–Kier alpha value is -1.28. The van der Waals surface area contributed by atoms with Gasteiger partial charge in [-0.1, -0.05) is 44.1 Å². The zero-order valence-electron chi connectivity index (χ0n) is 13.2. The van der Waals surface area contributed by atoms with E-state index < -0.39 is 0 Å².